The maximum absolute atomic E-state index is 6.31. The average Bonchev–Trinajstić information content (AvgIpc) is 1.54. The van der Waals surface area contributed by atoms with Crippen LogP contribution in [0.15, 0.2) is 282 Å². The molecule has 0 saturated carbocycles. The highest BCUT2D eigenvalue weighted by Crippen LogP contribution is 2.42. The molecule has 414 valence electrons. The van der Waals surface area contributed by atoms with Crippen molar-refractivity contribution in [3.05, 3.63) is 279 Å². The zero-order valence-electron chi connectivity index (χ0n) is 48.6. The zero-order valence-corrected chi connectivity index (χ0v) is 48.6. The van der Waals surface area contributed by atoms with Gasteiger partial charge in [-0.3, -0.25) is 19.9 Å². The molecular weight excluding hydrogens is 1070 g/mol. The van der Waals surface area contributed by atoms with Crippen molar-refractivity contribution in [1.82, 2.24) is 19.9 Å². The third-order valence-corrected chi connectivity index (χ3v) is 17.9. The van der Waals surface area contributed by atoms with Gasteiger partial charge in [-0.25, -0.2) is 0 Å². The van der Waals surface area contributed by atoms with Crippen molar-refractivity contribution in [1.29, 1.82) is 0 Å². The summed E-state index contributed by atoms with van der Waals surface area (Å²) in [6.07, 6.45) is 7.10. The van der Waals surface area contributed by atoms with Crippen LogP contribution in [-0.2, 0) is 5.41 Å². The zero-order chi connectivity index (χ0) is 58.6. The molecule has 0 radical (unpaired) electrons. The van der Waals surface area contributed by atoms with Gasteiger partial charge in [-0.05, 0) is 172 Å². The van der Waals surface area contributed by atoms with Crippen LogP contribution in [0.25, 0.3) is 175 Å². The van der Waals surface area contributed by atoms with E-state index in [1.165, 1.54) is 93.3 Å². The molecule has 0 aliphatic heterocycles. The standard InChI is InChI=1S/C44H26N2O.C38H28N2O/c1-2-11-33-27(7-1)8-6-14-34(33)32-17-20-42-40(26-32)39-25-31(16-19-41(39)47-42)29-10-5-9-28(23-29)30-15-18-37-38(24-30)35-12-3-4-13-36(35)43-44(37)46-22-21-45-43;1-38(2,3)27-13-16-35-33(22-27)32-21-26(12-15-34(32)41-35)24-8-6-7-23(19-24)25-11-14-30-31(20-25)28-9-4-5-10-29(28)36-37(30)40-18-17-39-36/h1-26H;4-22H,1-3H3. The summed E-state index contributed by atoms with van der Waals surface area (Å²) in [5, 5.41) is 16.3. The molecule has 0 spiro atoms. The van der Waals surface area contributed by atoms with Gasteiger partial charge in [-0.1, -0.05) is 197 Å². The van der Waals surface area contributed by atoms with Crippen LogP contribution in [0.4, 0.5) is 0 Å². The summed E-state index contributed by atoms with van der Waals surface area (Å²) < 4.78 is 12.5. The molecule has 6 nitrogen and oxygen atoms in total. The van der Waals surface area contributed by atoms with E-state index in [4.69, 9.17) is 18.8 Å². The highest BCUT2D eigenvalue weighted by Gasteiger charge is 2.19. The number of fused-ring (bicyclic) bond motifs is 19. The van der Waals surface area contributed by atoms with Gasteiger partial charge in [-0.15, -0.1) is 0 Å². The normalized spacial score (nSPS) is 12.0. The molecule has 0 aliphatic rings. The topological polar surface area (TPSA) is 77.8 Å². The Morgan fingerprint density at radius 3 is 1.03 bits per heavy atom. The molecule has 0 saturated heterocycles. The maximum atomic E-state index is 6.31. The van der Waals surface area contributed by atoms with E-state index >= 15 is 0 Å². The Bertz CT molecular complexity index is 5810. The quantitative estimate of drug-likeness (QED) is 0.160. The molecule has 4 heterocycles. The van der Waals surface area contributed by atoms with Gasteiger partial charge >= 0.3 is 0 Å². The molecule has 0 amide bonds. The van der Waals surface area contributed by atoms with Crippen LogP contribution in [-0.4, -0.2) is 19.9 Å². The minimum atomic E-state index is 0.0772. The van der Waals surface area contributed by atoms with Gasteiger partial charge in [0, 0.05) is 67.9 Å². The van der Waals surface area contributed by atoms with E-state index in [1.54, 1.807) is 24.8 Å². The fourth-order valence-corrected chi connectivity index (χ4v) is 13.4. The number of furan rings is 2. The van der Waals surface area contributed by atoms with Crippen LogP contribution < -0.4 is 0 Å². The summed E-state index contributed by atoms with van der Waals surface area (Å²) >= 11 is 0. The second-order valence-corrected chi connectivity index (χ2v) is 24.1. The van der Waals surface area contributed by atoms with Crippen molar-refractivity contribution in [2.45, 2.75) is 26.2 Å². The van der Waals surface area contributed by atoms with Crippen LogP contribution in [0.2, 0.25) is 0 Å². The van der Waals surface area contributed by atoms with Crippen LogP contribution >= 0.6 is 0 Å². The van der Waals surface area contributed by atoms with E-state index in [0.29, 0.717) is 0 Å². The van der Waals surface area contributed by atoms with Gasteiger partial charge in [0.1, 0.15) is 22.3 Å². The molecule has 88 heavy (non-hydrogen) atoms. The number of benzene rings is 14. The van der Waals surface area contributed by atoms with Gasteiger partial charge in [0.25, 0.3) is 0 Å². The lowest BCUT2D eigenvalue weighted by atomic mass is 9.86. The maximum Gasteiger partial charge on any atom is 0.135 e. The first kappa shape index (κ1) is 51.1. The highest BCUT2D eigenvalue weighted by molar-refractivity contribution is 6.25. The largest absolute Gasteiger partial charge is 0.456 e. The average molecular weight is 1130 g/mol. The molecule has 0 fully saturated rings. The Labute approximate surface area is 506 Å². The molecule has 6 heteroatoms. The van der Waals surface area contributed by atoms with E-state index in [1.807, 2.05) is 0 Å². The van der Waals surface area contributed by atoms with Crippen molar-refractivity contribution < 1.29 is 8.83 Å². The summed E-state index contributed by atoms with van der Waals surface area (Å²) in [6.45, 7) is 6.75. The Morgan fingerprint density at radius 1 is 0.239 bits per heavy atom. The van der Waals surface area contributed by atoms with E-state index in [0.717, 1.165) is 87.7 Å². The van der Waals surface area contributed by atoms with Crippen LogP contribution in [0.3, 0.4) is 0 Å². The minimum Gasteiger partial charge on any atom is -0.456 e. The smallest absolute Gasteiger partial charge is 0.135 e. The Hall–Kier alpha value is -11.3. The third kappa shape index (κ3) is 8.55. The van der Waals surface area contributed by atoms with Gasteiger partial charge in [0.05, 0.1) is 22.1 Å². The molecule has 0 atom stereocenters. The molecular formula is C82H54N4O2. The van der Waals surface area contributed by atoms with Crippen molar-refractivity contribution in [3.63, 3.8) is 0 Å². The summed E-state index contributed by atoms with van der Waals surface area (Å²) in [6, 6.07) is 89.2. The summed E-state index contributed by atoms with van der Waals surface area (Å²) in [4.78, 5) is 18.8. The van der Waals surface area contributed by atoms with Crippen molar-refractivity contribution in [2.24, 2.45) is 0 Å². The first-order chi connectivity index (χ1) is 43.2. The first-order valence-corrected chi connectivity index (χ1v) is 30.0. The Balaban J connectivity index is 0.000000138. The lowest BCUT2D eigenvalue weighted by Gasteiger charge is -2.18. The van der Waals surface area contributed by atoms with E-state index in [-0.39, 0.29) is 5.41 Å². The monoisotopic (exact) mass is 1130 g/mol. The van der Waals surface area contributed by atoms with Gasteiger partial charge in [0.15, 0.2) is 0 Å². The van der Waals surface area contributed by atoms with Crippen molar-refractivity contribution >= 4 is 120 Å². The summed E-state index contributed by atoms with van der Waals surface area (Å²) in [5.74, 6) is 0. The fraction of sp³-hybridized carbons (Fsp3) is 0.0488. The number of hydrogen-bond donors (Lipinski definition) is 0. The second kappa shape index (κ2) is 20.2. The van der Waals surface area contributed by atoms with Gasteiger partial charge in [-0.2, -0.15) is 0 Å². The SMILES string of the molecule is CC(C)(C)c1ccc2oc3ccc(-c4cccc(-c5ccc6c(c5)c5ccccc5c5nccnc65)c4)cc3c2c1.c1cc(-c2ccc3oc4ccc(-c5cccc6ccccc56)cc4c3c2)cc(-c2ccc3c(c2)c2ccccc2c2nccnc32)c1. The summed E-state index contributed by atoms with van der Waals surface area (Å²) in [7, 11) is 0. The lowest BCUT2D eigenvalue weighted by Crippen LogP contribution is -2.10. The van der Waals surface area contributed by atoms with E-state index in [2.05, 4.69) is 279 Å². The predicted molar refractivity (Wildman–Crippen MR) is 367 cm³/mol. The number of nitrogens with zero attached hydrogens (tertiary/aromatic N) is 4. The first-order valence-electron chi connectivity index (χ1n) is 30.0. The second-order valence-electron chi connectivity index (χ2n) is 24.1. The predicted octanol–water partition coefficient (Wildman–Crippen LogP) is 22.5. The van der Waals surface area contributed by atoms with Crippen LogP contribution in [0, 0.1) is 0 Å². The Kier molecular flexibility index (Phi) is 11.7. The van der Waals surface area contributed by atoms with Crippen molar-refractivity contribution in [2.75, 3.05) is 0 Å². The molecule has 18 rings (SSSR count). The van der Waals surface area contributed by atoms with Crippen LogP contribution in [0.5, 0.6) is 0 Å². The van der Waals surface area contributed by atoms with Gasteiger partial charge in [0.2, 0.25) is 0 Å². The lowest BCUT2D eigenvalue weighted by molar-refractivity contribution is 0.590. The third-order valence-electron chi connectivity index (χ3n) is 17.9. The molecule has 4 aromatic heterocycles. The molecule has 18 aromatic rings. The van der Waals surface area contributed by atoms with Crippen LogP contribution in [0.1, 0.15) is 26.3 Å². The molecule has 0 N–H and O–H groups in total. The van der Waals surface area contributed by atoms with Gasteiger partial charge < -0.3 is 8.83 Å². The molecule has 0 bridgehead atoms. The summed E-state index contributed by atoms with van der Waals surface area (Å²) in [5.41, 5.74) is 20.6. The number of rotatable bonds is 5. The molecule has 0 aliphatic carbocycles. The molecule has 0 unspecified atom stereocenters. The fourth-order valence-electron chi connectivity index (χ4n) is 13.4. The number of aromatic nitrogens is 4. The van der Waals surface area contributed by atoms with E-state index in [9.17, 15) is 0 Å². The Morgan fingerprint density at radius 2 is 0.568 bits per heavy atom. The highest BCUT2D eigenvalue weighted by atomic mass is 16.3. The number of hydrogen-bond acceptors (Lipinski definition) is 6. The molecule has 14 aromatic carbocycles. The minimum absolute atomic E-state index is 0.0772. The van der Waals surface area contributed by atoms with Crippen molar-refractivity contribution in [3.8, 4) is 55.6 Å². The van der Waals surface area contributed by atoms with E-state index < -0.39 is 0 Å².